The Kier molecular flexibility index (Phi) is 8.79. The maximum absolute atomic E-state index is 13.2. The molecule has 2 rings (SSSR count). The first kappa shape index (κ1) is 26.8. The van der Waals surface area contributed by atoms with Gasteiger partial charge in [0.1, 0.15) is 17.2 Å². The van der Waals surface area contributed by atoms with Gasteiger partial charge in [-0.1, -0.05) is 32.9 Å². The first-order valence-corrected chi connectivity index (χ1v) is 11.1. The fraction of sp³-hybridized carbons (Fsp3) is 0.462. The molecule has 8 heteroatoms. The van der Waals surface area contributed by atoms with Gasteiger partial charge in [0, 0.05) is 19.2 Å². The summed E-state index contributed by atoms with van der Waals surface area (Å²) in [6.45, 7) is 10.3. The zero-order chi connectivity index (χ0) is 25.5. The summed E-state index contributed by atoms with van der Waals surface area (Å²) in [6.07, 6.45) is 0.814. The molecule has 0 aromatic heterocycles. The van der Waals surface area contributed by atoms with Crippen LogP contribution in [0.5, 0.6) is 17.2 Å². The molecule has 2 aromatic rings. The van der Waals surface area contributed by atoms with Crippen LogP contribution in [0.2, 0.25) is 0 Å². The first-order chi connectivity index (χ1) is 15.8. The van der Waals surface area contributed by atoms with Gasteiger partial charge in [-0.15, -0.1) is 0 Å². The first-order valence-electron chi connectivity index (χ1n) is 11.1. The van der Waals surface area contributed by atoms with E-state index >= 15 is 0 Å². The predicted molar refractivity (Wildman–Crippen MR) is 132 cm³/mol. The van der Waals surface area contributed by atoms with E-state index in [9.17, 15) is 14.7 Å². The third kappa shape index (κ3) is 7.86. The molecule has 0 fully saturated rings. The Morgan fingerprint density at radius 2 is 1.56 bits per heavy atom. The number of rotatable bonds is 10. The van der Waals surface area contributed by atoms with Crippen molar-refractivity contribution in [3.05, 3.63) is 48.0 Å². The average Bonchev–Trinajstić information content (AvgIpc) is 2.77. The van der Waals surface area contributed by atoms with Crippen molar-refractivity contribution >= 4 is 17.7 Å². The van der Waals surface area contributed by atoms with Gasteiger partial charge < -0.3 is 29.5 Å². The van der Waals surface area contributed by atoms with Crippen LogP contribution in [0.15, 0.2) is 42.5 Å². The SMILES string of the molecule is COc1ccc(NC(=O)N(CCC(C)(C)C)Cc2ccc(OC(C)(C)C(=O)O)cc2)c(OC)c1. The molecule has 2 aromatic carbocycles. The van der Waals surface area contributed by atoms with Gasteiger partial charge in [0.25, 0.3) is 0 Å². The number of urea groups is 1. The molecule has 0 unspecified atom stereocenters. The highest BCUT2D eigenvalue weighted by Crippen LogP contribution is 2.30. The number of carboxylic acids is 1. The molecule has 0 radical (unpaired) electrons. The summed E-state index contributed by atoms with van der Waals surface area (Å²) < 4.78 is 16.2. The van der Waals surface area contributed by atoms with E-state index in [1.165, 1.54) is 21.0 Å². The summed E-state index contributed by atoms with van der Waals surface area (Å²) in [4.78, 5) is 26.3. The molecule has 0 heterocycles. The predicted octanol–water partition coefficient (Wildman–Crippen LogP) is 5.42. The molecule has 2 amide bonds. The number of benzene rings is 2. The molecule has 0 aliphatic heterocycles. The zero-order valence-corrected chi connectivity index (χ0v) is 21.1. The third-order valence-electron chi connectivity index (χ3n) is 5.25. The van der Waals surface area contributed by atoms with Crippen LogP contribution in [0.3, 0.4) is 0 Å². The quantitative estimate of drug-likeness (QED) is 0.479. The Hall–Kier alpha value is -3.42. The van der Waals surface area contributed by atoms with Gasteiger partial charge in [0.2, 0.25) is 0 Å². The summed E-state index contributed by atoms with van der Waals surface area (Å²) in [5.74, 6) is 0.541. The van der Waals surface area contributed by atoms with E-state index in [1.807, 2.05) is 12.1 Å². The maximum Gasteiger partial charge on any atom is 0.347 e. The highest BCUT2D eigenvalue weighted by Gasteiger charge is 2.29. The summed E-state index contributed by atoms with van der Waals surface area (Å²) >= 11 is 0. The van der Waals surface area contributed by atoms with Gasteiger partial charge in [-0.2, -0.15) is 0 Å². The lowest BCUT2D eigenvalue weighted by Gasteiger charge is -2.28. The van der Waals surface area contributed by atoms with Crippen molar-refractivity contribution < 1.29 is 28.9 Å². The van der Waals surface area contributed by atoms with Gasteiger partial charge in [0.05, 0.1) is 19.9 Å². The summed E-state index contributed by atoms with van der Waals surface area (Å²) in [5.41, 5.74) is 0.161. The fourth-order valence-electron chi connectivity index (χ4n) is 3.04. The summed E-state index contributed by atoms with van der Waals surface area (Å²) in [7, 11) is 3.11. The number of aliphatic carboxylic acids is 1. The topological polar surface area (TPSA) is 97.3 Å². The van der Waals surface area contributed by atoms with E-state index in [0.717, 1.165) is 12.0 Å². The lowest BCUT2D eigenvalue weighted by atomic mass is 9.92. The molecule has 0 saturated heterocycles. The second-order valence-corrected chi connectivity index (χ2v) is 9.79. The number of carboxylic acid groups (broad SMARTS) is 1. The van der Waals surface area contributed by atoms with Crippen molar-refractivity contribution in [3.8, 4) is 17.2 Å². The van der Waals surface area contributed by atoms with Gasteiger partial charge in [-0.25, -0.2) is 9.59 Å². The Labute approximate surface area is 201 Å². The van der Waals surface area contributed by atoms with Crippen LogP contribution in [0, 0.1) is 5.41 Å². The number of methoxy groups -OCH3 is 2. The van der Waals surface area contributed by atoms with Crippen molar-refractivity contribution in [1.82, 2.24) is 4.90 Å². The lowest BCUT2D eigenvalue weighted by Crippen LogP contribution is -2.38. The number of amides is 2. The van der Waals surface area contributed by atoms with Crippen LogP contribution < -0.4 is 19.5 Å². The minimum atomic E-state index is -1.34. The summed E-state index contributed by atoms with van der Waals surface area (Å²) in [5, 5.41) is 12.2. The average molecular weight is 473 g/mol. The van der Waals surface area contributed by atoms with E-state index in [0.29, 0.717) is 36.0 Å². The minimum absolute atomic E-state index is 0.0520. The van der Waals surface area contributed by atoms with E-state index in [4.69, 9.17) is 14.2 Å². The van der Waals surface area contributed by atoms with Gasteiger partial charge in [-0.3, -0.25) is 0 Å². The number of anilines is 1. The fourth-order valence-corrected chi connectivity index (χ4v) is 3.04. The summed E-state index contributed by atoms with van der Waals surface area (Å²) in [6, 6.07) is 12.1. The Morgan fingerprint density at radius 1 is 0.941 bits per heavy atom. The normalized spacial score (nSPS) is 11.5. The van der Waals surface area contributed by atoms with Crippen molar-refractivity contribution in [3.63, 3.8) is 0 Å². The Balaban J connectivity index is 2.19. The van der Waals surface area contributed by atoms with E-state index in [2.05, 4.69) is 26.1 Å². The minimum Gasteiger partial charge on any atom is -0.497 e. The second kappa shape index (κ2) is 11.1. The van der Waals surface area contributed by atoms with Gasteiger partial charge in [0.15, 0.2) is 5.60 Å². The molecule has 0 bridgehead atoms. The number of carbonyl (C=O) groups is 2. The lowest BCUT2D eigenvalue weighted by molar-refractivity contribution is -0.152. The van der Waals surface area contributed by atoms with Crippen LogP contribution in [0.1, 0.15) is 46.6 Å². The van der Waals surface area contributed by atoms with Crippen molar-refractivity contribution in [2.75, 3.05) is 26.1 Å². The highest BCUT2D eigenvalue weighted by atomic mass is 16.5. The molecular formula is C26H36N2O6. The molecule has 34 heavy (non-hydrogen) atoms. The van der Waals surface area contributed by atoms with Crippen molar-refractivity contribution in [1.29, 1.82) is 0 Å². The Morgan fingerprint density at radius 3 is 2.09 bits per heavy atom. The third-order valence-corrected chi connectivity index (χ3v) is 5.25. The molecule has 0 spiro atoms. The molecule has 0 saturated carbocycles. The molecule has 0 atom stereocenters. The molecular weight excluding hydrogens is 436 g/mol. The zero-order valence-electron chi connectivity index (χ0n) is 21.1. The number of nitrogens with one attached hydrogen (secondary N) is 1. The largest absolute Gasteiger partial charge is 0.497 e. The van der Waals surface area contributed by atoms with E-state index < -0.39 is 11.6 Å². The standard InChI is InChI=1S/C26H36N2O6/c1-25(2,3)14-15-28(24(31)27-21-13-12-20(32-6)16-22(21)33-7)17-18-8-10-19(11-9-18)34-26(4,5)23(29)30/h8-13,16H,14-15,17H2,1-7H3,(H,27,31)(H,29,30). The highest BCUT2D eigenvalue weighted by molar-refractivity contribution is 5.91. The van der Waals surface area contributed by atoms with Crippen molar-refractivity contribution in [2.45, 2.75) is 53.2 Å². The molecule has 186 valence electrons. The molecule has 0 aliphatic carbocycles. The van der Waals surface area contributed by atoms with Crippen LogP contribution in [0.25, 0.3) is 0 Å². The molecule has 8 nitrogen and oxygen atoms in total. The second-order valence-electron chi connectivity index (χ2n) is 9.79. The van der Waals surface area contributed by atoms with Crippen LogP contribution >= 0.6 is 0 Å². The smallest absolute Gasteiger partial charge is 0.347 e. The number of hydrogen-bond acceptors (Lipinski definition) is 5. The van der Waals surface area contributed by atoms with Gasteiger partial charge in [-0.05, 0) is 55.5 Å². The number of hydrogen-bond donors (Lipinski definition) is 2. The molecule has 0 aliphatic rings. The monoisotopic (exact) mass is 472 g/mol. The van der Waals surface area contributed by atoms with Crippen LogP contribution in [0.4, 0.5) is 10.5 Å². The Bertz CT molecular complexity index is 980. The number of nitrogens with zero attached hydrogens (tertiary/aromatic N) is 1. The van der Waals surface area contributed by atoms with Gasteiger partial charge >= 0.3 is 12.0 Å². The van der Waals surface area contributed by atoms with Crippen LogP contribution in [-0.4, -0.2) is 48.4 Å². The molecule has 2 N–H and O–H groups in total. The maximum atomic E-state index is 13.2. The van der Waals surface area contributed by atoms with E-state index in [1.54, 1.807) is 42.3 Å². The number of ether oxygens (including phenoxy) is 3. The van der Waals surface area contributed by atoms with Crippen molar-refractivity contribution in [2.24, 2.45) is 5.41 Å². The van der Waals surface area contributed by atoms with Crippen LogP contribution in [-0.2, 0) is 11.3 Å². The van der Waals surface area contributed by atoms with E-state index in [-0.39, 0.29) is 11.4 Å². The number of carbonyl (C=O) groups excluding carboxylic acids is 1.